The molecule has 0 atom stereocenters. The van der Waals surface area contributed by atoms with E-state index >= 15 is 0 Å². The molecule has 4 rings (SSSR count). The summed E-state index contributed by atoms with van der Waals surface area (Å²) < 4.78 is 6.17. The lowest BCUT2D eigenvalue weighted by Crippen LogP contribution is -2.30. The van der Waals surface area contributed by atoms with E-state index in [1.54, 1.807) is 6.21 Å². The molecular weight excluding hydrogens is 418 g/mol. The third-order valence-corrected chi connectivity index (χ3v) is 5.30. The molecule has 3 aromatic rings. The molecule has 0 radical (unpaired) electrons. The Kier molecular flexibility index (Phi) is 6.73. The molecule has 0 fully saturated rings. The molecule has 160 valence electrons. The molecule has 32 heavy (non-hydrogen) atoms. The predicted molar refractivity (Wildman–Crippen MR) is 133 cm³/mol. The van der Waals surface area contributed by atoms with Gasteiger partial charge < -0.3 is 15.0 Å². The second kappa shape index (κ2) is 10.0. The van der Waals surface area contributed by atoms with Crippen molar-refractivity contribution in [2.45, 2.75) is 6.54 Å². The van der Waals surface area contributed by atoms with Gasteiger partial charge in [0.25, 0.3) is 0 Å². The van der Waals surface area contributed by atoms with Crippen molar-refractivity contribution in [2.75, 3.05) is 7.05 Å². The van der Waals surface area contributed by atoms with E-state index in [9.17, 15) is 0 Å². The van der Waals surface area contributed by atoms with Gasteiger partial charge in [0, 0.05) is 36.0 Å². The zero-order valence-corrected chi connectivity index (χ0v) is 18.6. The van der Waals surface area contributed by atoms with Crippen LogP contribution in [0.15, 0.2) is 114 Å². The molecule has 0 spiro atoms. The standard InChI is InChI=1S/C27H24ClN3O/c1-3-23(24-14-7-8-15-25(24)32-22-12-5-4-6-13-22)27-29-17-16-26(31(27)2)30-19-20-10-9-11-21(28)18-20/h3-18,30H,1,19H2,2H3/b27-23+. The number of halogens is 1. The average molecular weight is 442 g/mol. The monoisotopic (exact) mass is 441 g/mol. The molecule has 1 heterocycles. The quantitative estimate of drug-likeness (QED) is 0.446. The molecule has 0 saturated heterocycles. The van der Waals surface area contributed by atoms with Crippen molar-refractivity contribution in [3.63, 3.8) is 0 Å². The zero-order chi connectivity index (χ0) is 22.3. The minimum Gasteiger partial charge on any atom is -0.457 e. The zero-order valence-electron chi connectivity index (χ0n) is 17.8. The van der Waals surface area contributed by atoms with Crippen molar-refractivity contribution in [3.05, 3.63) is 125 Å². The van der Waals surface area contributed by atoms with Crippen LogP contribution < -0.4 is 10.1 Å². The largest absolute Gasteiger partial charge is 0.457 e. The number of nitrogens with one attached hydrogen (secondary N) is 1. The number of ether oxygens (including phenoxy) is 1. The van der Waals surface area contributed by atoms with Crippen molar-refractivity contribution < 1.29 is 4.74 Å². The van der Waals surface area contributed by atoms with Crippen molar-refractivity contribution in [1.82, 2.24) is 10.2 Å². The Labute approximate surface area is 193 Å². The molecule has 1 N–H and O–H groups in total. The van der Waals surface area contributed by atoms with Crippen LogP contribution >= 0.6 is 11.6 Å². The molecule has 1 aliphatic rings. The van der Waals surface area contributed by atoms with Crippen molar-refractivity contribution in [2.24, 2.45) is 4.99 Å². The van der Waals surface area contributed by atoms with Crippen LogP contribution in [0.4, 0.5) is 0 Å². The number of rotatable bonds is 7. The molecule has 0 aliphatic carbocycles. The van der Waals surface area contributed by atoms with Gasteiger partial charge in [-0.3, -0.25) is 0 Å². The first-order valence-electron chi connectivity index (χ1n) is 10.3. The summed E-state index contributed by atoms with van der Waals surface area (Å²) in [4.78, 5) is 6.66. The molecule has 0 bridgehead atoms. The van der Waals surface area contributed by atoms with E-state index in [1.165, 1.54) is 0 Å². The van der Waals surface area contributed by atoms with Crippen molar-refractivity contribution >= 4 is 23.4 Å². The molecule has 0 aromatic heterocycles. The first kappa shape index (κ1) is 21.5. The normalized spacial score (nSPS) is 14.6. The number of para-hydroxylation sites is 2. The maximum absolute atomic E-state index is 6.17. The van der Waals surface area contributed by atoms with Gasteiger partial charge in [-0.05, 0) is 42.0 Å². The van der Waals surface area contributed by atoms with Crippen LogP contribution in [0.2, 0.25) is 5.02 Å². The van der Waals surface area contributed by atoms with E-state index in [2.05, 4.69) is 16.9 Å². The summed E-state index contributed by atoms with van der Waals surface area (Å²) in [6.07, 6.45) is 5.55. The van der Waals surface area contributed by atoms with Gasteiger partial charge in [-0.1, -0.05) is 72.8 Å². The number of hydrogen-bond donors (Lipinski definition) is 1. The highest BCUT2D eigenvalue weighted by atomic mass is 35.5. The summed E-state index contributed by atoms with van der Waals surface area (Å²) in [5.74, 6) is 3.22. The lowest BCUT2D eigenvalue weighted by atomic mass is 10.0. The van der Waals surface area contributed by atoms with Gasteiger partial charge in [-0.2, -0.15) is 0 Å². The summed E-state index contributed by atoms with van der Waals surface area (Å²) in [7, 11) is 1.98. The lowest BCUT2D eigenvalue weighted by molar-refractivity contribution is 0.459. The smallest absolute Gasteiger partial charge is 0.141 e. The second-order valence-corrected chi connectivity index (χ2v) is 7.66. The van der Waals surface area contributed by atoms with Crippen LogP contribution in [0.3, 0.4) is 0 Å². The Morgan fingerprint density at radius 3 is 2.62 bits per heavy atom. The number of hydrogen-bond acceptors (Lipinski definition) is 4. The minimum absolute atomic E-state index is 0.648. The number of aliphatic imine (C=N–C) groups is 1. The van der Waals surface area contributed by atoms with Gasteiger partial charge in [0.05, 0.1) is 0 Å². The van der Waals surface area contributed by atoms with E-state index in [0.29, 0.717) is 6.54 Å². The van der Waals surface area contributed by atoms with E-state index in [4.69, 9.17) is 16.3 Å². The maximum Gasteiger partial charge on any atom is 0.141 e. The Hall–Kier alpha value is -3.76. The maximum atomic E-state index is 6.17. The first-order valence-corrected chi connectivity index (χ1v) is 10.7. The van der Waals surface area contributed by atoms with E-state index in [-0.39, 0.29) is 0 Å². The fourth-order valence-corrected chi connectivity index (χ4v) is 3.69. The summed E-state index contributed by atoms with van der Waals surface area (Å²) in [5.41, 5.74) is 2.90. The fourth-order valence-electron chi connectivity index (χ4n) is 3.47. The Balaban J connectivity index is 1.61. The van der Waals surface area contributed by atoms with Crippen LogP contribution in [0.25, 0.3) is 5.57 Å². The van der Waals surface area contributed by atoms with Gasteiger partial charge in [0.15, 0.2) is 0 Å². The molecule has 3 aromatic carbocycles. The Bertz CT molecular complexity index is 1200. The van der Waals surface area contributed by atoms with E-state index in [1.807, 2.05) is 103 Å². The van der Waals surface area contributed by atoms with E-state index < -0.39 is 0 Å². The lowest BCUT2D eigenvalue weighted by Gasteiger charge is -2.28. The average Bonchev–Trinajstić information content (AvgIpc) is 2.81. The summed E-state index contributed by atoms with van der Waals surface area (Å²) in [6.45, 7) is 4.70. The highest BCUT2D eigenvalue weighted by Crippen LogP contribution is 2.34. The predicted octanol–water partition coefficient (Wildman–Crippen LogP) is 6.63. The van der Waals surface area contributed by atoms with Gasteiger partial charge in [0.2, 0.25) is 0 Å². The van der Waals surface area contributed by atoms with Gasteiger partial charge in [0.1, 0.15) is 23.1 Å². The molecule has 0 unspecified atom stereocenters. The number of benzene rings is 3. The summed E-state index contributed by atoms with van der Waals surface area (Å²) >= 11 is 6.11. The van der Waals surface area contributed by atoms with Gasteiger partial charge in [-0.15, -0.1) is 0 Å². The minimum atomic E-state index is 0.648. The molecule has 0 saturated carbocycles. The second-order valence-electron chi connectivity index (χ2n) is 7.23. The third-order valence-electron chi connectivity index (χ3n) is 5.06. The van der Waals surface area contributed by atoms with Crippen LogP contribution in [0, 0.1) is 0 Å². The van der Waals surface area contributed by atoms with Crippen molar-refractivity contribution in [3.8, 4) is 11.5 Å². The Morgan fingerprint density at radius 2 is 1.84 bits per heavy atom. The van der Waals surface area contributed by atoms with Gasteiger partial charge >= 0.3 is 0 Å². The van der Waals surface area contributed by atoms with Crippen LogP contribution in [-0.4, -0.2) is 18.2 Å². The summed E-state index contributed by atoms with van der Waals surface area (Å²) in [5, 5.41) is 4.19. The number of allylic oxidation sites excluding steroid dienone is 3. The number of nitrogens with zero attached hydrogens (tertiary/aromatic N) is 2. The topological polar surface area (TPSA) is 36.9 Å². The summed E-state index contributed by atoms with van der Waals surface area (Å²) in [6, 6.07) is 25.5. The van der Waals surface area contributed by atoms with Crippen LogP contribution in [0.1, 0.15) is 11.1 Å². The first-order chi connectivity index (χ1) is 15.7. The van der Waals surface area contributed by atoms with Crippen molar-refractivity contribution in [1.29, 1.82) is 0 Å². The highest BCUT2D eigenvalue weighted by molar-refractivity contribution is 6.30. The van der Waals surface area contributed by atoms with Gasteiger partial charge in [-0.25, -0.2) is 4.99 Å². The molecule has 5 heteroatoms. The van der Waals surface area contributed by atoms with Crippen LogP contribution in [0.5, 0.6) is 11.5 Å². The SMILES string of the molecule is C=C/C(=C1/N=CC=C(NCc2cccc(Cl)c2)N1C)c1ccccc1Oc1ccccc1. The molecular formula is C27H24ClN3O. The van der Waals surface area contributed by atoms with Crippen LogP contribution in [-0.2, 0) is 6.54 Å². The van der Waals surface area contributed by atoms with E-state index in [0.717, 1.165) is 44.9 Å². The molecule has 0 amide bonds. The fraction of sp³-hybridized carbons (Fsp3) is 0.0741. The Morgan fingerprint density at radius 1 is 1.06 bits per heavy atom. The third kappa shape index (κ3) is 4.93. The molecule has 4 nitrogen and oxygen atoms in total. The highest BCUT2D eigenvalue weighted by Gasteiger charge is 2.19. The molecule has 1 aliphatic heterocycles.